The van der Waals surface area contributed by atoms with Gasteiger partial charge in [-0.1, -0.05) is 69.4 Å². The van der Waals surface area contributed by atoms with E-state index in [4.69, 9.17) is 0 Å². The number of carbonyl (C=O) groups is 1. The Bertz CT molecular complexity index is 460. The molecule has 0 heterocycles. The molecule has 0 saturated heterocycles. The number of amides is 2. The van der Waals surface area contributed by atoms with Gasteiger partial charge < -0.3 is 10.2 Å². The summed E-state index contributed by atoms with van der Waals surface area (Å²) >= 11 is 5.99. The first kappa shape index (κ1) is 20.8. The second-order valence-electron chi connectivity index (χ2n) is 7.13. The third kappa shape index (κ3) is 6.59. The van der Waals surface area contributed by atoms with Crippen molar-refractivity contribution in [2.75, 3.05) is 0 Å². The minimum absolute atomic E-state index is 0.100. The van der Waals surface area contributed by atoms with Crippen LogP contribution in [0.1, 0.15) is 84.5 Å². The fourth-order valence-corrected chi connectivity index (χ4v) is 5.02. The Balaban J connectivity index is 2.10. The highest BCUT2D eigenvalue weighted by atomic mass is 32.2. The molecule has 1 N–H and O–H groups in total. The molecular formula is C20H34N2OS2. The number of hydrogen-bond donors (Lipinski definition) is 2. The lowest BCUT2D eigenvalue weighted by molar-refractivity contribution is 0.107. The third-order valence-electron chi connectivity index (χ3n) is 5.25. The molecule has 0 unspecified atom stereocenters. The zero-order valence-electron chi connectivity index (χ0n) is 15.8. The van der Waals surface area contributed by atoms with Gasteiger partial charge in [0.25, 0.3) is 0 Å². The predicted molar refractivity (Wildman–Crippen MR) is 113 cm³/mol. The SMILES string of the molecule is C/C=C(/S)S/C(=C\CC)NC(=O)N(C1CCCCC1)C1CCCCC1. The standard InChI is InChI=1S/C20H34N2OS2/c1-3-11-18(25-19(24)4-2)21-20(23)22(16-12-7-5-8-13-16)17-14-9-6-10-15-17/h4,11,16-17,24H,3,5-10,12-15H2,1-2H3,(H,21,23)/b18-11-,19-4-. The fraction of sp³-hybridized carbons (Fsp3) is 0.750. The van der Waals surface area contributed by atoms with Crippen LogP contribution in [0.3, 0.4) is 0 Å². The second kappa shape index (κ2) is 11.2. The van der Waals surface area contributed by atoms with Crippen LogP contribution in [-0.4, -0.2) is 23.0 Å². The van der Waals surface area contributed by atoms with Gasteiger partial charge in [-0.3, -0.25) is 0 Å². The first-order valence-electron chi connectivity index (χ1n) is 9.98. The Morgan fingerprint density at radius 3 is 2.04 bits per heavy atom. The van der Waals surface area contributed by atoms with Gasteiger partial charge in [0.2, 0.25) is 0 Å². The van der Waals surface area contributed by atoms with Crippen LogP contribution in [-0.2, 0) is 0 Å². The fourth-order valence-electron chi connectivity index (χ4n) is 3.99. The highest BCUT2D eigenvalue weighted by Gasteiger charge is 2.32. The lowest BCUT2D eigenvalue weighted by Crippen LogP contribution is -2.52. The van der Waals surface area contributed by atoms with E-state index in [9.17, 15) is 4.79 Å². The minimum atomic E-state index is 0.100. The molecule has 5 heteroatoms. The first-order chi connectivity index (χ1) is 12.2. The van der Waals surface area contributed by atoms with Crippen molar-refractivity contribution in [3.05, 3.63) is 21.4 Å². The zero-order valence-corrected chi connectivity index (χ0v) is 17.5. The molecule has 0 aliphatic heterocycles. The Morgan fingerprint density at radius 2 is 1.60 bits per heavy atom. The van der Waals surface area contributed by atoms with Crippen molar-refractivity contribution in [2.24, 2.45) is 0 Å². The van der Waals surface area contributed by atoms with Gasteiger partial charge in [-0.05, 0) is 39.0 Å². The van der Waals surface area contributed by atoms with Gasteiger partial charge in [0, 0.05) is 16.3 Å². The van der Waals surface area contributed by atoms with E-state index in [1.165, 1.54) is 50.3 Å². The summed E-state index contributed by atoms with van der Waals surface area (Å²) in [6.45, 7) is 4.07. The Labute approximate surface area is 163 Å². The van der Waals surface area contributed by atoms with Gasteiger partial charge in [0.15, 0.2) is 0 Å². The Kier molecular flexibility index (Phi) is 9.32. The lowest BCUT2D eigenvalue weighted by Gasteiger charge is -2.41. The molecule has 0 aromatic rings. The molecule has 142 valence electrons. The number of carbonyl (C=O) groups excluding carboxylic acids is 1. The monoisotopic (exact) mass is 382 g/mol. The van der Waals surface area contributed by atoms with Crippen LogP contribution in [0.15, 0.2) is 21.4 Å². The molecule has 0 radical (unpaired) electrons. The number of nitrogens with one attached hydrogen (secondary N) is 1. The van der Waals surface area contributed by atoms with E-state index in [0.717, 1.165) is 41.4 Å². The maximum absolute atomic E-state index is 13.2. The molecule has 2 aliphatic rings. The number of rotatable bonds is 6. The molecule has 0 aromatic heterocycles. The van der Waals surface area contributed by atoms with Crippen LogP contribution >= 0.6 is 24.4 Å². The largest absolute Gasteiger partial charge is 0.322 e. The molecular weight excluding hydrogens is 348 g/mol. The number of urea groups is 1. The van der Waals surface area contributed by atoms with Crippen LogP contribution < -0.4 is 5.32 Å². The van der Waals surface area contributed by atoms with Crippen molar-refractivity contribution in [1.29, 1.82) is 0 Å². The number of thiol groups is 1. The van der Waals surface area contributed by atoms with Crippen LogP contribution in [0.25, 0.3) is 0 Å². The summed E-state index contributed by atoms with van der Waals surface area (Å²) in [6.07, 6.45) is 17.3. The maximum atomic E-state index is 13.2. The Morgan fingerprint density at radius 1 is 1.08 bits per heavy atom. The Hall–Kier alpha value is -0.550. The van der Waals surface area contributed by atoms with Gasteiger partial charge in [-0.15, -0.1) is 12.6 Å². The minimum Gasteiger partial charge on any atom is -0.319 e. The van der Waals surface area contributed by atoms with Crippen molar-refractivity contribution in [3.63, 3.8) is 0 Å². The van der Waals surface area contributed by atoms with Gasteiger partial charge >= 0.3 is 6.03 Å². The number of allylic oxidation sites excluding steroid dienone is 2. The summed E-state index contributed by atoms with van der Waals surface area (Å²) in [5, 5.41) is 4.11. The summed E-state index contributed by atoms with van der Waals surface area (Å²) < 4.78 is 0.918. The van der Waals surface area contributed by atoms with Crippen molar-refractivity contribution >= 4 is 30.4 Å². The summed E-state index contributed by atoms with van der Waals surface area (Å²) in [4.78, 5) is 15.4. The first-order valence-corrected chi connectivity index (χ1v) is 11.2. The van der Waals surface area contributed by atoms with E-state index in [-0.39, 0.29) is 6.03 Å². The molecule has 0 atom stereocenters. The van der Waals surface area contributed by atoms with E-state index in [1.54, 1.807) is 0 Å². The van der Waals surface area contributed by atoms with Crippen molar-refractivity contribution < 1.29 is 4.79 Å². The predicted octanol–water partition coefficient (Wildman–Crippen LogP) is 6.44. The molecule has 2 fully saturated rings. The molecule has 3 nitrogen and oxygen atoms in total. The van der Waals surface area contributed by atoms with Crippen molar-refractivity contribution in [2.45, 2.75) is 96.6 Å². The molecule has 2 amide bonds. The molecule has 2 saturated carbocycles. The third-order valence-corrected chi connectivity index (χ3v) is 6.72. The highest BCUT2D eigenvalue weighted by Crippen LogP contribution is 2.31. The average molecular weight is 383 g/mol. The number of hydrogen-bond acceptors (Lipinski definition) is 3. The van der Waals surface area contributed by atoms with Crippen LogP contribution in [0.4, 0.5) is 4.79 Å². The summed E-state index contributed by atoms with van der Waals surface area (Å²) in [5.41, 5.74) is 0. The molecule has 2 aliphatic carbocycles. The van der Waals surface area contributed by atoms with E-state index >= 15 is 0 Å². The van der Waals surface area contributed by atoms with E-state index in [1.807, 2.05) is 13.0 Å². The number of nitrogens with zero attached hydrogens (tertiary/aromatic N) is 1. The highest BCUT2D eigenvalue weighted by molar-refractivity contribution is 8.17. The van der Waals surface area contributed by atoms with E-state index in [0.29, 0.717) is 12.1 Å². The normalized spacial score (nSPS) is 21.2. The van der Waals surface area contributed by atoms with E-state index < -0.39 is 0 Å². The maximum Gasteiger partial charge on any atom is 0.322 e. The smallest absolute Gasteiger partial charge is 0.319 e. The van der Waals surface area contributed by atoms with Crippen LogP contribution in [0, 0.1) is 0 Å². The topological polar surface area (TPSA) is 32.3 Å². The summed E-state index contributed by atoms with van der Waals surface area (Å²) in [7, 11) is 0. The second-order valence-corrected chi connectivity index (χ2v) is 8.99. The van der Waals surface area contributed by atoms with Gasteiger partial charge in [-0.2, -0.15) is 0 Å². The van der Waals surface area contributed by atoms with Crippen LogP contribution in [0.2, 0.25) is 0 Å². The van der Waals surface area contributed by atoms with Crippen molar-refractivity contribution in [3.8, 4) is 0 Å². The average Bonchev–Trinajstić information content (AvgIpc) is 2.63. The lowest BCUT2D eigenvalue weighted by atomic mass is 9.89. The zero-order chi connectivity index (χ0) is 18.1. The molecule has 2 rings (SSSR count). The van der Waals surface area contributed by atoms with Crippen molar-refractivity contribution in [1.82, 2.24) is 10.2 Å². The van der Waals surface area contributed by atoms with Gasteiger partial charge in [0.1, 0.15) is 0 Å². The molecule has 0 spiro atoms. The molecule has 25 heavy (non-hydrogen) atoms. The molecule has 0 bridgehead atoms. The quantitative estimate of drug-likeness (QED) is 0.518. The van der Waals surface area contributed by atoms with Crippen LogP contribution in [0.5, 0.6) is 0 Å². The van der Waals surface area contributed by atoms with Gasteiger partial charge in [-0.25, -0.2) is 4.79 Å². The van der Waals surface area contributed by atoms with E-state index in [2.05, 4.69) is 35.8 Å². The van der Waals surface area contributed by atoms with Gasteiger partial charge in [0.05, 0.1) is 5.03 Å². The number of thioether (sulfide) groups is 1. The summed E-state index contributed by atoms with van der Waals surface area (Å²) in [6, 6.07) is 0.937. The molecule has 0 aromatic carbocycles. The summed E-state index contributed by atoms with van der Waals surface area (Å²) in [5.74, 6) is 0.